The molecule has 4 aromatic rings. The molecule has 9 nitrogen and oxygen atoms in total. The van der Waals surface area contributed by atoms with Crippen molar-refractivity contribution >= 4 is 23.0 Å². The minimum Gasteiger partial charge on any atom is -0.496 e. The third-order valence-corrected chi connectivity index (χ3v) is 8.34. The van der Waals surface area contributed by atoms with Crippen molar-refractivity contribution in [1.29, 1.82) is 0 Å². The molecule has 206 valence electrons. The van der Waals surface area contributed by atoms with Crippen LogP contribution in [0, 0.1) is 6.92 Å². The van der Waals surface area contributed by atoms with Crippen LogP contribution >= 0.6 is 0 Å². The van der Waals surface area contributed by atoms with Gasteiger partial charge in [-0.15, -0.1) is 5.10 Å². The summed E-state index contributed by atoms with van der Waals surface area (Å²) in [5.74, 6) is -0.746. The molecule has 0 spiro atoms. The molecule has 9 bridgehead atoms. The molecule has 1 N–H and O–H groups in total. The minimum atomic E-state index is -0.885. The second-order valence-corrected chi connectivity index (χ2v) is 10.8. The number of pyridine rings is 1. The fourth-order valence-electron chi connectivity index (χ4n) is 6.10. The molecule has 0 radical (unpaired) electrons. The van der Waals surface area contributed by atoms with E-state index in [0.29, 0.717) is 36.5 Å². The zero-order valence-electron chi connectivity index (χ0n) is 22.9. The van der Waals surface area contributed by atoms with E-state index in [9.17, 15) is 14.7 Å². The van der Waals surface area contributed by atoms with Gasteiger partial charge in [0.1, 0.15) is 11.3 Å². The molecule has 9 heteroatoms. The van der Waals surface area contributed by atoms with Gasteiger partial charge in [0.25, 0.3) is 5.91 Å². The predicted molar refractivity (Wildman–Crippen MR) is 150 cm³/mol. The molecule has 1 amide bonds. The summed E-state index contributed by atoms with van der Waals surface area (Å²) in [6, 6.07) is 12.0. The highest BCUT2D eigenvalue weighted by Crippen LogP contribution is 2.35. The summed E-state index contributed by atoms with van der Waals surface area (Å²) in [6.07, 6.45) is 6.29. The lowest BCUT2D eigenvalue weighted by Gasteiger charge is -2.30. The standard InChI is InChI=1S/C31H33N5O4/c1-19-26-17-32-30-29(19)33-34-36(30)12-5-3-4-6-20-7-10-24(27(14-20)40-2)31(39)35-13-11-21-8-9-22(15-23(21)18-35)25(26)16-28(37)38/h7-10,14-15,17,25H,3-6,11-13,16,18H2,1-2H3,(H,37,38). The maximum atomic E-state index is 13.6. The van der Waals surface area contributed by atoms with Crippen LogP contribution in [-0.4, -0.2) is 55.5 Å². The normalized spacial score (nSPS) is 17.5. The highest BCUT2D eigenvalue weighted by Gasteiger charge is 2.27. The lowest BCUT2D eigenvalue weighted by atomic mass is 9.84. The number of aliphatic carboxylic acids is 1. The van der Waals surface area contributed by atoms with Gasteiger partial charge < -0.3 is 14.7 Å². The summed E-state index contributed by atoms with van der Waals surface area (Å²) in [7, 11) is 1.61. The van der Waals surface area contributed by atoms with Gasteiger partial charge in [0, 0.05) is 31.7 Å². The summed E-state index contributed by atoms with van der Waals surface area (Å²) in [4.78, 5) is 32.2. The predicted octanol–water partition coefficient (Wildman–Crippen LogP) is 4.67. The molecule has 2 aromatic carbocycles. The summed E-state index contributed by atoms with van der Waals surface area (Å²) in [6.45, 7) is 3.75. The average molecular weight is 540 g/mol. The molecular weight excluding hydrogens is 506 g/mol. The number of rotatable bonds is 3. The van der Waals surface area contributed by atoms with E-state index >= 15 is 0 Å². The molecule has 9 rings (SSSR count). The van der Waals surface area contributed by atoms with E-state index in [4.69, 9.17) is 9.72 Å². The van der Waals surface area contributed by atoms with Gasteiger partial charge >= 0.3 is 5.97 Å². The Hall–Kier alpha value is -4.27. The lowest BCUT2D eigenvalue weighted by molar-refractivity contribution is -0.137. The highest BCUT2D eigenvalue weighted by atomic mass is 16.5. The quantitative estimate of drug-likeness (QED) is 0.403. The molecular formula is C31H33N5O4. The fourth-order valence-corrected chi connectivity index (χ4v) is 6.10. The van der Waals surface area contributed by atoms with Gasteiger partial charge in [0.15, 0.2) is 5.65 Å². The number of carboxylic acids is 1. The number of carboxylic acid groups (broad SMARTS) is 1. The first-order chi connectivity index (χ1) is 19.4. The molecule has 0 fully saturated rings. The molecule has 1 unspecified atom stereocenters. The molecule has 0 saturated carbocycles. The Morgan fingerprint density at radius 3 is 2.77 bits per heavy atom. The zero-order valence-corrected chi connectivity index (χ0v) is 22.9. The third-order valence-electron chi connectivity index (χ3n) is 8.34. The first-order valence-electron chi connectivity index (χ1n) is 13.9. The van der Waals surface area contributed by atoms with Crippen LogP contribution in [0.5, 0.6) is 5.75 Å². The van der Waals surface area contributed by atoms with Crippen LogP contribution in [0.2, 0.25) is 0 Å². The van der Waals surface area contributed by atoms with Gasteiger partial charge in [-0.05, 0) is 78.1 Å². The van der Waals surface area contributed by atoms with Crippen LogP contribution in [0.3, 0.4) is 0 Å². The number of amides is 1. The van der Waals surface area contributed by atoms with E-state index in [1.165, 1.54) is 5.56 Å². The number of aromatic nitrogens is 4. The Morgan fingerprint density at radius 1 is 1.07 bits per heavy atom. The van der Waals surface area contributed by atoms with Crippen LogP contribution in [0.15, 0.2) is 42.6 Å². The first kappa shape index (κ1) is 26.0. The number of carbonyl (C=O) groups is 2. The molecule has 0 aliphatic carbocycles. The number of benzene rings is 2. The van der Waals surface area contributed by atoms with Gasteiger partial charge in [-0.25, -0.2) is 9.67 Å². The number of nitrogens with zero attached hydrogens (tertiary/aromatic N) is 5. The number of methoxy groups -OCH3 is 1. The summed E-state index contributed by atoms with van der Waals surface area (Å²) in [5, 5.41) is 18.7. The van der Waals surface area contributed by atoms with Crippen molar-refractivity contribution < 1.29 is 19.4 Å². The lowest BCUT2D eigenvalue weighted by Crippen LogP contribution is -2.36. The summed E-state index contributed by atoms with van der Waals surface area (Å²) in [5.41, 5.74) is 7.98. The molecule has 5 aliphatic heterocycles. The summed E-state index contributed by atoms with van der Waals surface area (Å²) < 4.78 is 7.50. The number of hydrogen-bond donors (Lipinski definition) is 1. The van der Waals surface area contributed by atoms with E-state index in [0.717, 1.165) is 65.6 Å². The van der Waals surface area contributed by atoms with Crippen molar-refractivity contribution in [2.24, 2.45) is 0 Å². The molecule has 0 saturated heterocycles. The van der Waals surface area contributed by atoms with Crippen LogP contribution in [-0.2, 0) is 30.7 Å². The zero-order chi connectivity index (χ0) is 27.8. The van der Waals surface area contributed by atoms with Crippen LogP contribution in [0.4, 0.5) is 0 Å². The van der Waals surface area contributed by atoms with Gasteiger partial charge in [0.05, 0.1) is 19.1 Å². The topological polar surface area (TPSA) is 110 Å². The molecule has 5 aliphatic rings. The van der Waals surface area contributed by atoms with Gasteiger partial charge in [-0.2, -0.15) is 0 Å². The fraction of sp³-hybridized carbons (Fsp3) is 0.387. The average Bonchev–Trinajstić information content (AvgIpc) is 3.38. The third kappa shape index (κ3) is 4.80. The Morgan fingerprint density at radius 2 is 1.95 bits per heavy atom. The second kappa shape index (κ2) is 10.7. The number of aryl methyl sites for hydroxylation is 3. The maximum absolute atomic E-state index is 13.6. The number of hydrogen-bond acceptors (Lipinski definition) is 6. The summed E-state index contributed by atoms with van der Waals surface area (Å²) >= 11 is 0. The van der Waals surface area contributed by atoms with Crippen molar-refractivity contribution in [2.75, 3.05) is 13.7 Å². The highest BCUT2D eigenvalue weighted by molar-refractivity contribution is 5.97. The van der Waals surface area contributed by atoms with Gasteiger partial charge in [-0.3, -0.25) is 9.59 Å². The SMILES string of the molecule is COc1cc2ccc1C(=O)N1CCc3ccc(cc3C1)C(CC(=O)O)c1cnc3c(nnn3CCCCC2)c1C. The van der Waals surface area contributed by atoms with Crippen molar-refractivity contribution in [3.63, 3.8) is 0 Å². The van der Waals surface area contributed by atoms with Crippen molar-refractivity contribution in [3.05, 3.63) is 81.5 Å². The van der Waals surface area contributed by atoms with E-state index in [1.807, 2.05) is 40.8 Å². The van der Waals surface area contributed by atoms with E-state index in [-0.39, 0.29) is 12.3 Å². The molecule has 1 atom stereocenters. The van der Waals surface area contributed by atoms with Crippen LogP contribution in [0.1, 0.15) is 75.3 Å². The first-order valence-corrected chi connectivity index (χ1v) is 13.9. The van der Waals surface area contributed by atoms with Crippen LogP contribution in [0.25, 0.3) is 11.2 Å². The van der Waals surface area contributed by atoms with Crippen molar-refractivity contribution in [3.8, 4) is 5.75 Å². The largest absolute Gasteiger partial charge is 0.496 e. The van der Waals surface area contributed by atoms with Crippen molar-refractivity contribution in [2.45, 2.75) is 64.5 Å². The molecule has 2 aromatic heterocycles. The minimum absolute atomic E-state index is 0.0553. The van der Waals surface area contributed by atoms with E-state index in [1.54, 1.807) is 13.3 Å². The Balaban J connectivity index is 1.45. The van der Waals surface area contributed by atoms with E-state index in [2.05, 4.69) is 22.4 Å². The monoisotopic (exact) mass is 539 g/mol. The maximum Gasteiger partial charge on any atom is 0.304 e. The van der Waals surface area contributed by atoms with Gasteiger partial charge in [-0.1, -0.05) is 35.9 Å². The van der Waals surface area contributed by atoms with Gasteiger partial charge in [0.2, 0.25) is 0 Å². The Kier molecular flexibility index (Phi) is 6.96. The smallest absolute Gasteiger partial charge is 0.304 e. The van der Waals surface area contributed by atoms with Crippen molar-refractivity contribution in [1.82, 2.24) is 24.9 Å². The molecule has 40 heavy (non-hydrogen) atoms. The van der Waals surface area contributed by atoms with E-state index < -0.39 is 11.9 Å². The Bertz CT molecular complexity index is 1610. The molecule has 7 heterocycles. The second-order valence-electron chi connectivity index (χ2n) is 10.8. The number of ether oxygens (including phenoxy) is 1. The van der Waals surface area contributed by atoms with Crippen LogP contribution < -0.4 is 4.74 Å². The number of carbonyl (C=O) groups excluding carboxylic acids is 1. The Labute approximate surface area is 232 Å².